The molecular weight excluding hydrogens is 371 g/mol. The summed E-state index contributed by atoms with van der Waals surface area (Å²) in [7, 11) is 0. The fourth-order valence-electron chi connectivity index (χ4n) is 1.70. The van der Waals surface area contributed by atoms with E-state index in [0.717, 1.165) is 0 Å². The van der Waals surface area contributed by atoms with E-state index in [9.17, 15) is 4.79 Å². The highest BCUT2D eigenvalue weighted by Gasteiger charge is 2.26. The largest absolute Gasteiger partial charge is 0.444 e. The first-order valence-electron chi connectivity index (χ1n) is 6.47. The van der Waals surface area contributed by atoms with Crippen LogP contribution in [0.15, 0.2) is 17.6 Å². The number of hydrogen-bond acceptors (Lipinski definition) is 3. The monoisotopic (exact) mass is 396 g/mol. The second kappa shape index (κ2) is 8.33. The number of nitrogens with zero attached hydrogens (tertiary/aromatic N) is 3. The fourth-order valence-corrected chi connectivity index (χ4v) is 1.70. The van der Waals surface area contributed by atoms with E-state index in [1.807, 2.05) is 25.7 Å². The summed E-state index contributed by atoms with van der Waals surface area (Å²) in [5.41, 5.74) is 5.39. The Bertz CT molecular complexity index is 358. The van der Waals surface area contributed by atoms with Gasteiger partial charge in [-0.25, -0.2) is 9.79 Å². The molecule has 7 heteroatoms. The summed E-state index contributed by atoms with van der Waals surface area (Å²) < 4.78 is 5.33. The Morgan fingerprint density at radius 2 is 1.80 bits per heavy atom. The van der Waals surface area contributed by atoms with Gasteiger partial charge in [-0.05, 0) is 20.8 Å². The van der Waals surface area contributed by atoms with Crippen molar-refractivity contribution < 1.29 is 9.53 Å². The highest BCUT2D eigenvalue weighted by molar-refractivity contribution is 14.0. The zero-order valence-corrected chi connectivity index (χ0v) is 14.8. The maximum Gasteiger partial charge on any atom is 0.410 e. The number of amides is 1. The Hall–Kier alpha value is -0.990. The lowest BCUT2D eigenvalue weighted by Crippen LogP contribution is -2.53. The summed E-state index contributed by atoms with van der Waals surface area (Å²) in [4.78, 5) is 19.7. The maximum atomic E-state index is 11.9. The molecule has 1 rings (SSSR count). The number of carbonyl (C=O) groups is 1. The molecular formula is C13H25IN4O2. The predicted molar refractivity (Wildman–Crippen MR) is 91.5 cm³/mol. The van der Waals surface area contributed by atoms with Crippen LogP contribution in [0, 0.1) is 0 Å². The van der Waals surface area contributed by atoms with Crippen LogP contribution in [0.1, 0.15) is 20.8 Å². The Balaban J connectivity index is 0.00000361. The third kappa shape index (κ3) is 6.44. The van der Waals surface area contributed by atoms with Gasteiger partial charge in [-0.1, -0.05) is 6.08 Å². The molecule has 0 aliphatic carbocycles. The first-order chi connectivity index (χ1) is 8.83. The van der Waals surface area contributed by atoms with Gasteiger partial charge < -0.3 is 20.3 Å². The Morgan fingerprint density at radius 3 is 2.25 bits per heavy atom. The standard InChI is InChI=1S/C13H24N4O2.HI/c1-5-6-15-11(14)16-7-9-17(10-8-16)12(18)19-13(2,3)4;/h5H,1,6-10H2,2-4H3,(H2,14,15);1H. The summed E-state index contributed by atoms with van der Waals surface area (Å²) in [6.07, 6.45) is 1.43. The molecule has 1 aliphatic rings. The van der Waals surface area contributed by atoms with Crippen LogP contribution in [0.25, 0.3) is 0 Å². The Morgan fingerprint density at radius 1 is 1.30 bits per heavy atom. The molecule has 0 spiro atoms. The van der Waals surface area contributed by atoms with Gasteiger partial charge in [-0.2, -0.15) is 0 Å². The second-order valence-corrected chi connectivity index (χ2v) is 5.44. The summed E-state index contributed by atoms with van der Waals surface area (Å²) >= 11 is 0. The number of halogens is 1. The highest BCUT2D eigenvalue weighted by atomic mass is 127. The molecule has 6 nitrogen and oxygen atoms in total. The molecule has 116 valence electrons. The number of nitrogens with two attached hydrogens (primary N) is 1. The van der Waals surface area contributed by atoms with Crippen molar-refractivity contribution in [1.82, 2.24) is 9.80 Å². The van der Waals surface area contributed by atoms with Crippen LogP contribution in [-0.2, 0) is 4.74 Å². The minimum absolute atomic E-state index is 0. The van der Waals surface area contributed by atoms with Crippen LogP contribution >= 0.6 is 24.0 Å². The van der Waals surface area contributed by atoms with Crippen molar-refractivity contribution in [3.63, 3.8) is 0 Å². The van der Waals surface area contributed by atoms with Gasteiger partial charge in [-0.15, -0.1) is 30.6 Å². The van der Waals surface area contributed by atoms with Gasteiger partial charge in [0.25, 0.3) is 0 Å². The zero-order chi connectivity index (χ0) is 14.5. The van der Waals surface area contributed by atoms with Crippen molar-refractivity contribution in [3.05, 3.63) is 12.7 Å². The van der Waals surface area contributed by atoms with Gasteiger partial charge in [-0.3, -0.25) is 0 Å². The van der Waals surface area contributed by atoms with Crippen LogP contribution < -0.4 is 5.73 Å². The molecule has 0 unspecified atom stereocenters. The molecule has 1 fully saturated rings. The zero-order valence-electron chi connectivity index (χ0n) is 12.5. The second-order valence-electron chi connectivity index (χ2n) is 5.44. The Kier molecular flexibility index (Phi) is 7.92. The van der Waals surface area contributed by atoms with Crippen molar-refractivity contribution in [1.29, 1.82) is 0 Å². The molecule has 20 heavy (non-hydrogen) atoms. The van der Waals surface area contributed by atoms with E-state index in [-0.39, 0.29) is 30.1 Å². The average Bonchev–Trinajstić information content (AvgIpc) is 2.34. The molecule has 2 N–H and O–H groups in total. The number of ether oxygens (including phenoxy) is 1. The van der Waals surface area contributed by atoms with Crippen LogP contribution in [0.4, 0.5) is 4.79 Å². The third-order valence-corrected chi connectivity index (χ3v) is 2.64. The lowest BCUT2D eigenvalue weighted by molar-refractivity contribution is 0.0186. The smallest absolute Gasteiger partial charge is 0.410 e. The van der Waals surface area contributed by atoms with E-state index < -0.39 is 5.60 Å². The summed E-state index contributed by atoms with van der Waals surface area (Å²) in [6.45, 7) is 12.2. The van der Waals surface area contributed by atoms with E-state index in [1.54, 1.807) is 11.0 Å². The van der Waals surface area contributed by atoms with E-state index in [0.29, 0.717) is 38.7 Å². The van der Waals surface area contributed by atoms with Crippen LogP contribution in [0.3, 0.4) is 0 Å². The van der Waals surface area contributed by atoms with Crippen molar-refractivity contribution in [3.8, 4) is 0 Å². The molecule has 0 radical (unpaired) electrons. The molecule has 1 aliphatic heterocycles. The average molecular weight is 396 g/mol. The predicted octanol–water partition coefficient (Wildman–Crippen LogP) is 1.66. The van der Waals surface area contributed by atoms with Gasteiger partial charge in [0.1, 0.15) is 5.60 Å². The molecule has 0 saturated carbocycles. The van der Waals surface area contributed by atoms with E-state index >= 15 is 0 Å². The minimum Gasteiger partial charge on any atom is -0.444 e. The van der Waals surface area contributed by atoms with Crippen LogP contribution in [-0.4, -0.2) is 60.2 Å². The molecule has 0 aromatic heterocycles. The summed E-state index contributed by atoms with van der Waals surface area (Å²) in [5, 5.41) is 0. The lowest BCUT2D eigenvalue weighted by atomic mass is 10.2. The topological polar surface area (TPSA) is 71.2 Å². The number of carbonyl (C=O) groups excluding carboxylic acids is 1. The number of guanidine groups is 1. The van der Waals surface area contributed by atoms with E-state index in [2.05, 4.69) is 11.6 Å². The first kappa shape index (κ1) is 19.0. The van der Waals surface area contributed by atoms with E-state index in [1.165, 1.54) is 0 Å². The van der Waals surface area contributed by atoms with E-state index in [4.69, 9.17) is 10.5 Å². The molecule has 1 amide bonds. The molecule has 0 atom stereocenters. The van der Waals surface area contributed by atoms with Crippen molar-refractivity contribution >= 4 is 36.0 Å². The quantitative estimate of drug-likeness (QED) is 0.334. The minimum atomic E-state index is -0.460. The summed E-state index contributed by atoms with van der Waals surface area (Å²) in [5.74, 6) is 0.503. The molecule has 0 bridgehead atoms. The third-order valence-electron chi connectivity index (χ3n) is 2.64. The normalized spacial score (nSPS) is 16.4. The first-order valence-corrected chi connectivity index (χ1v) is 6.47. The van der Waals surface area contributed by atoms with Crippen molar-refractivity contribution in [2.45, 2.75) is 26.4 Å². The Labute approximate surface area is 138 Å². The highest BCUT2D eigenvalue weighted by Crippen LogP contribution is 2.11. The molecule has 0 aromatic carbocycles. The maximum absolute atomic E-state index is 11.9. The van der Waals surface area contributed by atoms with Gasteiger partial charge in [0.15, 0.2) is 5.96 Å². The van der Waals surface area contributed by atoms with Crippen LogP contribution in [0.5, 0.6) is 0 Å². The molecule has 1 heterocycles. The SMILES string of the molecule is C=CCN=C(N)N1CCN(C(=O)OC(C)(C)C)CC1.I. The fraction of sp³-hybridized carbons (Fsp3) is 0.692. The lowest BCUT2D eigenvalue weighted by Gasteiger charge is -2.36. The number of piperazine rings is 1. The van der Waals surface area contributed by atoms with Crippen molar-refractivity contribution in [2.75, 3.05) is 32.7 Å². The number of rotatable bonds is 2. The van der Waals surface area contributed by atoms with Gasteiger partial charge >= 0.3 is 6.09 Å². The molecule has 0 aromatic rings. The van der Waals surface area contributed by atoms with Crippen LogP contribution in [0.2, 0.25) is 0 Å². The van der Waals surface area contributed by atoms with Gasteiger partial charge in [0, 0.05) is 26.2 Å². The van der Waals surface area contributed by atoms with Gasteiger partial charge in [0.05, 0.1) is 6.54 Å². The number of hydrogen-bond donors (Lipinski definition) is 1. The summed E-state index contributed by atoms with van der Waals surface area (Å²) in [6, 6.07) is 0. The number of aliphatic imine (C=N–C) groups is 1. The van der Waals surface area contributed by atoms with Crippen molar-refractivity contribution in [2.24, 2.45) is 10.7 Å². The molecule has 1 saturated heterocycles. The van der Waals surface area contributed by atoms with Gasteiger partial charge in [0.2, 0.25) is 0 Å².